The molecule has 0 saturated heterocycles. The second kappa shape index (κ2) is 6.83. The van der Waals surface area contributed by atoms with Crippen LogP contribution in [0.4, 0.5) is 0 Å². The molecule has 5 nitrogen and oxygen atoms in total. The Morgan fingerprint density at radius 2 is 1.81 bits per heavy atom. The minimum atomic E-state index is 0.165. The molecule has 0 aromatic carbocycles. The maximum atomic E-state index is 7.27. The summed E-state index contributed by atoms with van der Waals surface area (Å²) in [5.74, 6) is 0.262. The molecule has 16 heavy (non-hydrogen) atoms. The highest BCUT2D eigenvalue weighted by atomic mass is 16.5. The molecule has 1 fully saturated rings. The molecule has 0 aliphatic heterocycles. The highest BCUT2D eigenvalue weighted by Gasteiger charge is 2.43. The minimum Gasteiger partial charge on any atom is -0.388 e. The van der Waals surface area contributed by atoms with Crippen molar-refractivity contribution in [1.29, 1.82) is 5.41 Å². The Labute approximate surface area is 96.7 Å². The van der Waals surface area contributed by atoms with Gasteiger partial charge in [0.25, 0.3) is 0 Å². The number of ether oxygens (including phenoxy) is 3. The highest BCUT2D eigenvalue weighted by molar-refractivity contribution is 5.78. The maximum Gasteiger partial charge on any atom is 0.0911 e. The third kappa shape index (κ3) is 5.44. The van der Waals surface area contributed by atoms with Crippen molar-refractivity contribution in [2.45, 2.75) is 19.3 Å². The van der Waals surface area contributed by atoms with E-state index in [4.69, 9.17) is 25.4 Å². The lowest BCUT2D eigenvalue weighted by Gasteiger charge is -2.14. The number of nitrogens with one attached hydrogen (secondary N) is 1. The number of hydrogen-bond donors (Lipinski definition) is 2. The summed E-state index contributed by atoms with van der Waals surface area (Å²) >= 11 is 0. The van der Waals surface area contributed by atoms with Crippen LogP contribution in [0.2, 0.25) is 0 Å². The van der Waals surface area contributed by atoms with Crippen LogP contribution in [0, 0.1) is 10.8 Å². The van der Waals surface area contributed by atoms with Gasteiger partial charge in [-0.25, -0.2) is 0 Å². The number of methoxy groups -OCH3 is 1. The van der Waals surface area contributed by atoms with Crippen molar-refractivity contribution >= 4 is 5.84 Å². The Hall–Kier alpha value is -0.650. The van der Waals surface area contributed by atoms with Crippen LogP contribution in [0.5, 0.6) is 0 Å². The van der Waals surface area contributed by atoms with Crippen molar-refractivity contribution in [1.82, 2.24) is 0 Å². The van der Waals surface area contributed by atoms with E-state index >= 15 is 0 Å². The molecule has 94 valence electrons. The Kier molecular flexibility index (Phi) is 5.73. The van der Waals surface area contributed by atoms with Crippen molar-refractivity contribution < 1.29 is 14.2 Å². The van der Waals surface area contributed by atoms with Gasteiger partial charge in [0, 0.05) is 18.9 Å². The van der Waals surface area contributed by atoms with E-state index in [0.29, 0.717) is 39.5 Å². The summed E-state index contributed by atoms with van der Waals surface area (Å²) in [5, 5.41) is 7.27. The third-order valence-corrected chi connectivity index (χ3v) is 2.73. The van der Waals surface area contributed by atoms with E-state index < -0.39 is 0 Å². The third-order valence-electron chi connectivity index (χ3n) is 2.73. The Morgan fingerprint density at radius 1 is 1.19 bits per heavy atom. The fourth-order valence-corrected chi connectivity index (χ4v) is 1.60. The topological polar surface area (TPSA) is 77.6 Å². The molecule has 0 bridgehead atoms. The molecule has 0 aromatic heterocycles. The molecule has 0 spiro atoms. The van der Waals surface area contributed by atoms with E-state index in [1.165, 1.54) is 0 Å². The van der Waals surface area contributed by atoms with Gasteiger partial charge >= 0.3 is 0 Å². The summed E-state index contributed by atoms with van der Waals surface area (Å²) in [7, 11) is 1.65. The predicted molar refractivity (Wildman–Crippen MR) is 61.7 cm³/mol. The van der Waals surface area contributed by atoms with E-state index in [0.717, 1.165) is 12.8 Å². The molecular formula is C11H22N2O3. The van der Waals surface area contributed by atoms with E-state index in [2.05, 4.69) is 0 Å². The van der Waals surface area contributed by atoms with Crippen LogP contribution >= 0.6 is 0 Å². The minimum absolute atomic E-state index is 0.165. The van der Waals surface area contributed by atoms with Crippen LogP contribution in [0.25, 0.3) is 0 Å². The second-order valence-corrected chi connectivity index (χ2v) is 4.36. The number of amidine groups is 1. The lowest BCUT2D eigenvalue weighted by atomic mass is 10.0. The van der Waals surface area contributed by atoms with Crippen LogP contribution in [-0.4, -0.2) is 46.0 Å². The van der Waals surface area contributed by atoms with Gasteiger partial charge in [0.1, 0.15) is 0 Å². The zero-order valence-electron chi connectivity index (χ0n) is 9.96. The maximum absolute atomic E-state index is 7.27. The van der Waals surface area contributed by atoms with Crippen LogP contribution in [0.1, 0.15) is 19.3 Å². The van der Waals surface area contributed by atoms with Gasteiger partial charge < -0.3 is 19.9 Å². The Balaban J connectivity index is 1.93. The fourth-order valence-electron chi connectivity index (χ4n) is 1.60. The van der Waals surface area contributed by atoms with Gasteiger partial charge in [0.05, 0.1) is 38.9 Å². The van der Waals surface area contributed by atoms with Gasteiger partial charge in [-0.3, -0.25) is 5.41 Å². The summed E-state index contributed by atoms with van der Waals surface area (Å²) < 4.78 is 15.7. The second-order valence-electron chi connectivity index (χ2n) is 4.36. The van der Waals surface area contributed by atoms with Crippen molar-refractivity contribution in [2.24, 2.45) is 11.1 Å². The zero-order chi connectivity index (χ0) is 11.9. The molecule has 0 radical (unpaired) electrons. The van der Waals surface area contributed by atoms with Crippen LogP contribution < -0.4 is 5.73 Å². The molecule has 0 atom stereocenters. The highest BCUT2D eigenvalue weighted by Crippen LogP contribution is 2.48. The molecule has 1 aliphatic carbocycles. The molecule has 0 aromatic rings. The molecule has 0 amide bonds. The van der Waals surface area contributed by atoms with E-state index in [1.807, 2.05) is 0 Å². The van der Waals surface area contributed by atoms with Gasteiger partial charge in [-0.05, 0) is 12.8 Å². The molecule has 5 heteroatoms. The van der Waals surface area contributed by atoms with Crippen molar-refractivity contribution in [2.75, 3.05) is 40.1 Å². The fraction of sp³-hybridized carbons (Fsp3) is 0.909. The molecule has 0 heterocycles. The van der Waals surface area contributed by atoms with E-state index in [-0.39, 0.29) is 11.3 Å². The number of rotatable bonds is 10. The van der Waals surface area contributed by atoms with Gasteiger partial charge in [0.15, 0.2) is 0 Å². The molecule has 1 aliphatic rings. The van der Waals surface area contributed by atoms with Gasteiger partial charge in [-0.15, -0.1) is 0 Å². The smallest absolute Gasteiger partial charge is 0.0911 e. The predicted octanol–water partition coefficient (Wildman–Crippen LogP) is 0.772. The molecule has 1 saturated carbocycles. The first-order valence-electron chi connectivity index (χ1n) is 5.66. The van der Waals surface area contributed by atoms with Gasteiger partial charge in [0.2, 0.25) is 0 Å². The summed E-state index contributed by atoms with van der Waals surface area (Å²) in [6, 6.07) is 0. The lowest BCUT2D eigenvalue weighted by molar-refractivity contribution is 0.0131. The SMILES string of the molecule is COCCOCCOCC1(CC(=N)N)CC1. The molecule has 0 unspecified atom stereocenters. The van der Waals surface area contributed by atoms with Crippen molar-refractivity contribution in [3.63, 3.8) is 0 Å². The van der Waals surface area contributed by atoms with Crippen LogP contribution in [0.3, 0.4) is 0 Å². The first kappa shape index (κ1) is 13.4. The number of nitrogens with two attached hydrogens (primary N) is 1. The van der Waals surface area contributed by atoms with E-state index in [9.17, 15) is 0 Å². The average molecular weight is 230 g/mol. The Morgan fingerprint density at radius 3 is 2.38 bits per heavy atom. The summed E-state index contributed by atoms with van der Waals surface area (Å²) in [5.41, 5.74) is 5.56. The zero-order valence-corrected chi connectivity index (χ0v) is 9.96. The largest absolute Gasteiger partial charge is 0.388 e. The van der Waals surface area contributed by atoms with Crippen molar-refractivity contribution in [3.8, 4) is 0 Å². The van der Waals surface area contributed by atoms with Crippen LogP contribution in [-0.2, 0) is 14.2 Å². The first-order chi connectivity index (χ1) is 7.68. The monoisotopic (exact) mass is 230 g/mol. The quantitative estimate of drug-likeness (QED) is 0.330. The summed E-state index contributed by atoms with van der Waals surface area (Å²) in [6.07, 6.45) is 2.91. The van der Waals surface area contributed by atoms with Crippen LogP contribution in [0.15, 0.2) is 0 Å². The Bertz CT molecular complexity index is 217. The molecule has 3 N–H and O–H groups in total. The number of hydrogen-bond acceptors (Lipinski definition) is 4. The standard InChI is InChI=1S/C11H22N2O3/c1-14-4-5-15-6-7-16-9-11(2-3-11)8-10(12)13/h2-9H2,1H3,(H3,12,13). The lowest BCUT2D eigenvalue weighted by Crippen LogP contribution is -2.21. The summed E-state index contributed by atoms with van der Waals surface area (Å²) in [4.78, 5) is 0. The van der Waals surface area contributed by atoms with Gasteiger partial charge in [-0.2, -0.15) is 0 Å². The van der Waals surface area contributed by atoms with Gasteiger partial charge in [-0.1, -0.05) is 0 Å². The molecular weight excluding hydrogens is 208 g/mol. The molecule has 1 rings (SSSR count). The average Bonchev–Trinajstić information content (AvgIpc) is 2.96. The van der Waals surface area contributed by atoms with Crippen molar-refractivity contribution in [3.05, 3.63) is 0 Å². The normalized spacial score (nSPS) is 17.3. The van der Waals surface area contributed by atoms with E-state index in [1.54, 1.807) is 7.11 Å². The summed E-state index contributed by atoms with van der Waals surface area (Å²) in [6.45, 7) is 3.12. The first-order valence-corrected chi connectivity index (χ1v) is 5.66.